The summed E-state index contributed by atoms with van der Waals surface area (Å²) in [6, 6.07) is 8.63. The Balaban J connectivity index is 1.33. The molecule has 0 saturated carbocycles. The summed E-state index contributed by atoms with van der Waals surface area (Å²) < 4.78 is 6.02. The van der Waals surface area contributed by atoms with Crippen molar-refractivity contribution in [1.82, 2.24) is 9.80 Å². The van der Waals surface area contributed by atoms with Gasteiger partial charge in [0, 0.05) is 38.5 Å². The number of likely N-dealkylation sites (N-methyl/N-ethyl adjacent to an activating group) is 1. The number of fused-ring (bicyclic) bond motifs is 2. The lowest BCUT2D eigenvalue weighted by Gasteiger charge is -2.22. The van der Waals surface area contributed by atoms with E-state index in [1.54, 1.807) is 0 Å². The number of nitrogens with zero attached hydrogens (tertiary/aromatic N) is 2. The molecule has 0 unspecified atom stereocenters. The molecule has 2 atom stereocenters. The zero-order valence-corrected chi connectivity index (χ0v) is 14.6. The Morgan fingerprint density at radius 3 is 2.62 bits per heavy atom. The molecule has 0 aromatic heterocycles. The van der Waals surface area contributed by atoms with Crippen molar-refractivity contribution in [2.45, 2.75) is 32.3 Å². The molecule has 2 fully saturated rings. The van der Waals surface area contributed by atoms with Crippen molar-refractivity contribution in [3.05, 3.63) is 35.4 Å². The first-order valence-corrected chi connectivity index (χ1v) is 9.41. The largest absolute Gasteiger partial charge is 0.375 e. The molecule has 4 rings (SSSR count). The molecule has 1 aromatic carbocycles. The van der Waals surface area contributed by atoms with Gasteiger partial charge >= 0.3 is 0 Å². The van der Waals surface area contributed by atoms with Crippen molar-refractivity contribution < 1.29 is 9.53 Å². The Hall–Kier alpha value is -1.39. The molecule has 2 saturated heterocycles. The molecule has 0 radical (unpaired) electrons. The average molecular weight is 328 g/mol. The second kappa shape index (κ2) is 6.85. The van der Waals surface area contributed by atoms with E-state index in [1.807, 2.05) is 0 Å². The first-order valence-electron chi connectivity index (χ1n) is 9.41. The Labute approximate surface area is 144 Å². The predicted molar refractivity (Wildman–Crippen MR) is 93.9 cm³/mol. The van der Waals surface area contributed by atoms with E-state index in [0.29, 0.717) is 24.2 Å². The molecule has 0 N–H and O–H groups in total. The Morgan fingerprint density at radius 1 is 1.17 bits per heavy atom. The van der Waals surface area contributed by atoms with E-state index in [9.17, 15) is 4.79 Å². The van der Waals surface area contributed by atoms with Crippen molar-refractivity contribution in [2.24, 2.45) is 11.8 Å². The van der Waals surface area contributed by atoms with E-state index in [0.717, 1.165) is 52.2 Å². The molecule has 1 amide bonds. The minimum absolute atomic E-state index is 0.242. The molecular weight excluding hydrogens is 300 g/mol. The fourth-order valence-electron chi connectivity index (χ4n) is 4.62. The number of rotatable bonds is 3. The Morgan fingerprint density at radius 2 is 1.92 bits per heavy atom. The van der Waals surface area contributed by atoms with Gasteiger partial charge in [-0.3, -0.25) is 4.79 Å². The first kappa shape index (κ1) is 16.1. The van der Waals surface area contributed by atoms with Crippen LogP contribution in [-0.4, -0.2) is 61.1 Å². The monoisotopic (exact) mass is 328 g/mol. The van der Waals surface area contributed by atoms with Crippen LogP contribution in [0.5, 0.6) is 0 Å². The van der Waals surface area contributed by atoms with Gasteiger partial charge in [-0.25, -0.2) is 0 Å². The molecule has 4 nitrogen and oxygen atoms in total. The fourth-order valence-corrected chi connectivity index (χ4v) is 4.62. The molecule has 2 heterocycles. The van der Waals surface area contributed by atoms with Gasteiger partial charge < -0.3 is 14.5 Å². The number of amides is 1. The topological polar surface area (TPSA) is 32.8 Å². The second-order valence-electron chi connectivity index (χ2n) is 7.61. The quantitative estimate of drug-likeness (QED) is 0.850. The minimum Gasteiger partial charge on any atom is -0.375 e. The van der Waals surface area contributed by atoms with E-state index in [4.69, 9.17) is 4.74 Å². The number of carbonyl (C=O) groups is 1. The highest BCUT2D eigenvalue weighted by Gasteiger charge is 2.38. The van der Waals surface area contributed by atoms with Gasteiger partial charge in [-0.1, -0.05) is 31.2 Å². The molecule has 1 aliphatic carbocycles. The van der Waals surface area contributed by atoms with Gasteiger partial charge in [0.05, 0.1) is 12.7 Å². The van der Waals surface area contributed by atoms with Crippen molar-refractivity contribution in [3.8, 4) is 0 Å². The number of carbonyl (C=O) groups excluding carboxylic acids is 1. The van der Waals surface area contributed by atoms with E-state index < -0.39 is 0 Å². The highest BCUT2D eigenvalue weighted by Crippen LogP contribution is 2.30. The third kappa shape index (κ3) is 3.22. The van der Waals surface area contributed by atoms with Crippen LogP contribution >= 0.6 is 0 Å². The van der Waals surface area contributed by atoms with Crippen LogP contribution in [0.1, 0.15) is 24.5 Å². The third-order valence-corrected chi connectivity index (χ3v) is 6.01. The summed E-state index contributed by atoms with van der Waals surface area (Å²) in [5, 5.41) is 0. The highest BCUT2D eigenvalue weighted by atomic mass is 16.5. The van der Waals surface area contributed by atoms with Crippen LogP contribution in [0.3, 0.4) is 0 Å². The summed E-state index contributed by atoms with van der Waals surface area (Å²) in [6.45, 7) is 7.84. The van der Waals surface area contributed by atoms with Crippen LogP contribution in [0, 0.1) is 11.8 Å². The van der Waals surface area contributed by atoms with Gasteiger partial charge in [0.2, 0.25) is 5.91 Å². The Kier molecular flexibility index (Phi) is 4.59. The van der Waals surface area contributed by atoms with Crippen LogP contribution in [0.4, 0.5) is 0 Å². The number of ether oxygens (including phenoxy) is 1. The molecule has 2 aliphatic heterocycles. The van der Waals surface area contributed by atoms with Gasteiger partial charge in [0.15, 0.2) is 0 Å². The lowest BCUT2D eigenvalue weighted by molar-refractivity contribution is -0.131. The van der Waals surface area contributed by atoms with E-state index >= 15 is 0 Å². The van der Waals surface area contributed by atoms with Crippen molar-refractivity contribution in [3.63, 3.8) is 0 Å². The normalized spacial score (nSPS) is 27.8. The lowest BCUT2D eigenvalue weighted by Crippen LogP contribution is -2.34. The average Bonchev–Trinajstić information content (AvgIpc) is 3.12. The predicted octanol–water partition coefficient (Wildman–Crippen LogP) is 1.97. The Bertz CT molecular complexity index is 578. The van der Waals surface area contributed by atoms with E-state index in [1.165, 1.54) is 11.1 Å². The smallest absolute Gasteiger partial charge is 0.222 e. The SMILES string of the molecule is CCN1CCO[C@H]2CN(C(=O)CC3Cc4ccccc4C3)C[C@H]2C1. The molecular formula is C20H28N2O2. The molecule has 0 spiro atoms. The van der Waals surface area contributed by atoms with Gasteiger partial charge in [-0.2, -0.15) is 0 Å². The summed E-state index contributed by atoms with van der Waals surface area (Å²) in [6.07, 6.45) is 3.04. The summed E-state index contributed by atoms with van der Waals surface area (Å²) in [4.78, 5) is 17.3. The van der Waals surface area contributed by atoms with Crippen LogP contribution in [0.15, 0.2) is 24.3 Å². The van der Waals surface area contributed by atoms with Crippen LogP contribution in [0.2, 0.25) is 0 Å². The maximum Gasteiger partial charge on any atom is 0.222 e. The molecule has 24 heavy (non-hydrogen) atoms. The maximum atomic E-state index is 12.8. The van der Waals surface area contributed by atoms with Crippen molar-refractivity contribution in [2.75, 3.05) is 39.3 Å². The van der Waals surface area contributed by atoms with Gasteiger partial charge in [-0.05, 0) is 36.4 Å². The molecule has 4 heteroatoms. The molecule has 130 valence electrons. The van der Waals surface area contributed by atoms with Crippen LogP contribution in [-0.2, 0) is 22.4 Å². The zero-order valence-electron chi connectivity index (χ0n) is 14.6. The van der Waals surface area contributed by atoms with Gasteiger partial charge in [0.1, 0.15) is 0 Å². The zero-order chi connectivity index (χ0) is 16.5. The summed E-state index contributed by atoms with van der Waals surface area (Å²) >= 11 is 0. The summed E-state index contributed by atoms with van der Waals surface area (Å²) in [5.74, 6) is 1.29. The fraction of sp³-hybridized carbons (Fsp3) is 0.650. The van der Waals surface area contributed by atoms with Gasteiger partial charge in [-0.15, -0.1) is 0 Å². The van der Waals surface area contributed by atoms with Crippen molar-refractivity contribution >= 4 is 5.91 Å². The highest BCUT2D eigenvalue weighted by molar-refractivity contribution is 5.77. The number of hydrogen-bond acceptors (Lipinski definition) is 3. The molecule has 3 aliphatic rings. The third-order valence-electron chi connectivity index (χ3n) is 6.01. The first-order chi connectivity index (χ1) is 11.7. The second-order valence-corrected chi connectivity index (χ2v) is 7.61. The lowest BCUT2D eigenvalue weighted by atomic mass is 10.0. The standard InChI is InChI=1S/C20H28N2O2/c1-2-21-7-8-24-19-14-22(13-18(19)12-21)20(23)11-15-9-16-5-3-4-6-17(16)10-15/h3-6,15,18-19H,2,7-14H2,1H3/t18-,19+/m1/s1. The number of likely N-dealkylation sites (tertiary alicyclic amines) is 1. The number of benzene rings is 1. The van der Waals surface area contributed by atoms with Crippen LogP contribution in [0.25, 0.3) is 0 Å². The minimum atomic E-state index is 0.242. The summed E-state index contributed by atoms with van der Waals surface area (Å²) in [7, 11) is 0. The van der Waals surface area contributed by atoms with E-state index in [-0.39, 0.29) is 6.10 Å². The molecule has 0 bridgehead atoms. The van der Waals surface area contributed by atoms with Crippen molar-refractivity contribution in [1.29, 1.82) is 0 Å². The molecule has 1 aromatic rings. The maximum absolute atomic E-state index is 12.8. The number of hydrogen-bond donors (Lipinski definition) is 0. The summed E-state index contributed by atoms with van der Waals surface area (Å²) in [5.41, 5.74) is 2.87. The van der Waals surface area contributed by atoms with E-state index in [2.05, 4.69) is 41.0 Å². The van der Waals surface area contributed by atoms with Gasteiger partial charge in [0.25, 0.3) is 0 Å². The van der Waals surface area contributed by atoms with Crippen LogP contribution < -0.4 is 0 Å².